The molecule has 2 fully saturated rings. The number of nitrogens with one attached hydrogen (secondary N) is 1. The predicted octanol–water partition coefficient (Wildman–Crippen LogP) is 2.73. The minimum absolute atomic E-state index is 0.0370. The molecule has 1 aromatic carbocycles. The Kier molecular flexibility index (Phi) is 7.43. The summed E-state index contributed by atoms with van der Waals surface area (Å²) in [5.74, 6) is 0.638. The highest BCUT2D eigenvalue weighted by Gasteiger charge is 2.45. The number of halogens is 3. The highest BCUT2D eigenvalue weighted by atomic mass is 19.4. The lowest BCUT2D eigenvalue weighted by Crippen LogP contribution is -2.56. The van der Waals surface area contributed by atoms with Crippen LogP contribution in [-0.2, 0) is 20.8 Å². The van der Waals surface area contributed by atoms with Gasteiger partial charge >= 0.3 is 12.3 Å². The maximum absolute atomic E-state index is 13.3. The van der Waals surface area contributed by atoms with E-state index >= 15 is 0 Å². The topological polar surface area (TPSA) is 69.3 Å². The fraction of sp³-hybridized carbons (Fsp3) is 0.650. The molecule has 1 amide bonds. The zero-order valence-electron chi connectivity index (χ0n) is 16.9. The van der Waals surface area contributed by atoms with Crippen LogP contribution >= 0.6 is 0 Å². The molecule has 0 saturated carbocycles. The van der Waals surface area contributed by atoms with Crippen molar-refractivity contribution in [1.29, 1.82) is 0 Å². The van der Waals surface area contributed by atoms with Crippen molar-refractivity contribution in [2.45, 2.75) is 37.3 Å². The Morgan fingerprint density at radius 2 is 1.97 bits per heavy atom. The van der Waals surface area contributed by atoms with E-state index in [0.29, 0.717) is 37.3 Å². The van der Waals surface area contributed by atoms with Crippen molar-refractivity contribution in [2.75, 3.05) is 46.5 Å². The molecule has 10 heteroatoms. The number of carbonyl (C=O) groups is 1. The van der Waals surface area contributed by atoms with Gasteiger partial charge in [0.05, 0.1) is 32.5 Å². The number of hydrogen-bond donors (Lipinski definition) is 1. The third-order valence-corrected chi connectivity index (χ3v) is 5.37. The second kappa shape index (κ2) is 9.84. The molecule has 2 aliphatic rings. The summed E-state index contributed by atoms with van der Waals surface area (Å²) in [7, 11) is 1.52. The van der Waals surface area contributed by atoms with E-state index in [1.807, 2.05) is 0 Å². The summed E-state index contributed by atoms with van der Waals surface area (Å²) >= 11 is 0. The van der Waals surface area contributed by atoms with Gasteiger partial charge in [0, 0.05) is 26.2 Å². The number of rotatable bonds is 6. The first-order chi connectivity index (χ1) is 14.3. The Hall–Kier alpha value is -2.04. The van der Waals surface area contributed by atoms with Gasteiger partial charge in [0.1, 0.15) is 5.75 Å². The van der Waals surface area contributed by atoms with E-state index in [2.05, 4.69) is 5.32 Å². The minimum Gasteiger partial charge on any atom is -0.497 e. The molecule has 7 nitrogen and oxygen atoms in total. The zero-order valence-corrected chi connectivity index (χ0v) is 16.9. The van der Waals surface area contributed by atoms with Crippen LogP contribution in [0.5, 0.6) is 5.75 Å². The van der Waals surface area contributed by atoms with Gasteiger partial charge in [0.2, 0.25) is 6.10 Å². The number of nitrogens with zero attached hydrogens (tertiary/aromatic N) is 1. The van der Waals surface area contributed by atoms with E-state index in [1.54, 1.807) is 24.3 Å². The normalized spacial score (nSPS) is 20.1. The molecular formula is C20H27F3N2O5. The molecule has 1 atom stereocenters. The van der Waals surface area contributed by atoms with Crippen molar-refractivity contribution in [3.8, 4) is 5.75 Å². The number of piperidine rings is 1. The van der Waals surface area contributed by atoms with E-state index in [0.717, 1.165) is 6.54 Å². The van der Waals surface area contributed by atoms with Crippen molar-refractivity contribution in [3.63, 3.8) is 0 Å². The second-order valence-electron chi connectivity index (χ2n) is 7.47. The van der Waals surface area contributed by atoms with Gasteiger partial charge in [0.15, 0.2) is 0 Å². The van der Waals surface area contributed by atoms with Crippen LogP contribution in [0.15, 0.2) is 24.3 Å². The number of methoxy groups -OCH3 is 1. The molecule has 0 aliphatic carbocycles. The molecule has 1 spiro atoms. The number of likely N-dealkylation sites (tertiary alicyclic amines) is 1. The summed E-state index contributed by atoms with van der Waals surface area (Å²) in [6, 6.07) is 6.77. The van der Waals surface area contributed by atoms with Gasteiger partial charge in [0.25, 0.3) is 0 Å². The number of carbonyl (C=O) groups excluding carboxylic acids is 1. The van der Waals surface area contributed by atoms with E-state index in [4.69, 9.17) is 18.9 Å². The fourth-order valence-corrected chi connectivity index (χ4v) is 3.52. The average Bonchev–Trinajstić information content (AvgIpc) is 2.74. The van der Waals surface area contributed by atoms with Crippen molar-refractivity contribution in [3.05, 3.63) is 29.8 Å². The van der Waals surface area contributed by atoms with E-state index < -0.39 is 25.0 Å². The van der Waals surface area contributed by atoms with E-state index in [9.17, 15) is 18.0 Å². The van der Waals surface area contributed by atoms with Crippen molar-refractivity contribution < 1.29 is 36.9 Å². The van der Waals surface area contributed by atoms with Crippen molar-refractivity contribution >= 4 is 6.09 Å². The van der Waals surface area contributed by atoms with Crippen molar-refractivity contribution in [2.24, 2.45) is 0 Å². The van der Waals surface area contributed by atoms with Crippen LogP contribution in [0, 0.1) is 0 Å². The smallest absolute Gasteiger partial charge is 0.427 e. The largest absolute Gasteiger partial charge is 0.497 e. The molecule has 168 valence electrons. The lowest BCUT2D eigenvalue weighted by Gasteiger charge is -2.43. The molecule has 2 heterocycles. The number of alkyl halides is 3. The molecule has 1 aromatic rings. The minimum atomic E-state index is -4.72. The summed E-state index contributed by atoms with van der Waals surface area (Å²) in [4.78, 5) is 13.6. The molecule has 2 aliphatic heterocycles. The number of ether oxygens (including phenoxy) is 4. The fourth-order valence-electron chi connectivity index (χ4n) is 3.52. The molecule has 30 heavy (non-hydrogen) atoms. The highest BCUT2D eigenvalue weighted by molar-refractivity contribution is 5.68. The molecular weight excluding hydrogens is 405 g/mol. The van der Waals surface area contributed by atoms with Crippen LogP contribution < -0.4 is 10.1 Å². The van der Waals surface area contributed by atoms with Gasteiger partial charge in [-0.2, -0.15) is 13.2 Å². The number of amides is 1. The molecule has 2 saturated heterocycles. The van der Waals surface area contributed by atoms with Crippen LogP contribution in [0.3, 0.4) is 0 Å². The van der Waals surface area contributed by atoms with Gasteiger partial charge in [-0.25, -0.2) is 4.79 Å². The molecule has 1 N–H and O–H groups in total. The lowest BCUT2D eigenvalue weighted by molar-refractivity contribution is -0.220. The monoisotopic (exact) mass is 432 g/mol. The predicted molar refractivity (Wildman–Crippen MR) is 101 cm³/mol. The molecule has 0 aromatic heterocycles. The maximum Gasteiger partial charge on any atom is 0.427 e. The first-order valence-corrected chi connectivity index (χ1v) is 9.89. The van der Waals surface area contributed by atoms with E-state index in [-0.39, 0.29) is 25.3 Å². The summed E-state index contributed by atoms with van der Waals surface area (Å²) < 4.78 is 60.8. The zero-order chi connectivity index (χ0) is 21.6. The second-order valence-corrected chi connectivity index (χ2v) is 7.47. The number of morpholine rings is 1. The molecule has 0 bridgehead atoms. The quantitative estimate of drug-likeness (QED) is 0.746. The summed E-state index contributed by atoms with van der Waals surface area (Å²) in [5.41, 5.74) is 0.338. The third kappa shape index (κ3) is 5.99. The lowest BCUT2D eigenvalue weighted by atomic mass is 9.90. The first kappa shape index (κ1) is 22.6. The van der Waals surface area contributed by atoms with Gasteiger partial charge in [-0.3, -0.25) is 0 Å². The first-order valence-electron chi connectivity index (χ1n) is 9.89. The van der Waals surface area contributed by atoms with Crippen LogP contribution in [0.25, 0.3) is 0 Å². The summed E-state index contributed by atoms with van der Waals surface area (Å²) in [6.07, 6.45) is -6.92. The SMILES string of the molecule is COc1ccc(COCC(OC(=O)N2CCC3(CC2)CNCCO3)C(F)(F)F)cc1. The summed E-state index contributed by atoms with van der Waals surface area (Å²) in [6.45, 7) is 1.82. The third-order valence-electron chi connectivity index (χ3n) is 5.37. The highest BCUT2D eigenvalue weighted by Crippen LogP contribution is 2.29. The Labute approximate surface area is 173 Å². The van der Waals surface area contributed by atoms with Crippen LogP contribution in [0.4, 0.5) is 18.0 Å². The standard InChI is InChI=1S/C20H27F3N2O5/c1-27-16-4-2-15(3-5-16)12-28-13-17(20(21,22)23)30-18(26)25-9-6-19(7-10-25)14-24-8-11-29-19/h2-5,17,24H,6-14H2,1H3. The number of benzene rings is 1. The Morgan fingerprint density at radius 1 is 1.27 bits per heavy atom. The van der Waals surface area contributed by atoms with Crippen LogP contribution in [-0.4, -0.2) is 75.4 Å². The Morgan fingerprint density at radius 3 is 2.53 bits per heavy atom. The van der Waals surface area contributed by atoms with Crippen LogP contribution in [0.1, 0.15) is 18.4 Å². The van der Waals surface area contributed by atoms with Crippen LogP contribution in [0.2, 0.25) is 0 Å². The van der Waals surface area contributed by atoms with E-state index in [1.165, 1.54) is 12.0 Å². The Balaban J connectivity index is 1.48. The van der Waals surface area contributed by atoms with Gasteiger partial charge in [-0.15, -0.1) is 0 Å². The Bertz CT molecular complexity index is 683. The van der Waals surface area contributed by atoms with Gasteiger partial charge < -0.3 is 29.2 Å². The average molecular weight is 432 g/mol. The van der Waals surface area contributed by atoms with Crippen molar-refractivity contribution in [1.82, 2.24) is 10.2 Å². The molecule has 1 unspecified atom stereocenters. The maximum atomic E-state index is 13.3. The number of hydrogen-bond acceptors (Lipinski definition) is 6. The van der Waals surface area contributed by atoms with Gasteiger partial charge in [-0.1, -0.05) is 12.1 Å². The molecule has 0 radical (unpaired) electrons. The van der Waals surface area contributed by atoms with Gasteiger partial charge in [-0.05, 0) is 30.5 Å². The molecule has 3 rings (SSSR count). The summed E-state index contributed by atoms with van der Waals surface area (Å²) in [5, 5.41) is 3.25.